The van der Waals surface area contributed by atoms with E-state index in [0.717, 1.165) is 44.7 Å². The first-order chi connectivity index (χ1) is 11.9. The van der Waals surface area contributed by atoms with Crippen LogP contribution in [0, 0.1) is 0 Å². The average Bonchev–Trinajstić information content (AvgIpc) is 2.99. The highest BCUT2D eigenvalue weighted by atomic mass is 19.4. The van der Waals surface area contributed by atoms with Gasteiger partial charge in [-0.25, -0.2) is 0 Å². The zero-order chi connectivity index (χ0) is 17.9. The number of amides is 1. The SMILES string of the molecule is O=C(Cc1ccc(C(F)(F)F)cc1)N1CCCN(C2CCCC2)CC1. The summed E-state index contributed by atoms with van der Waals surface area (Å²) in [6, 6.07) is 5.58. The molecule has 3 nitrogen and oxygen atoms in total. The molecule has 0 atom stereocenters. The first-order valence-electron chi connectivity index (χ1n) is 9.11. The third-order valence-corrected chi connectivity index (χ3v) is 5.36. The number of nitrogens with zero attached hydrogens (tertiary/aromatic N) is 2. The van der Waals surface area contributed by atoms with Crippen molar-refractivity contribution in [1.82, 2.24) is 9.80 Å². The molecule has 25 heavy (non-hydrogen) atoms. The second-order valence-corrected chi connectivity index (χ2v) is 7.08. The maximum Gasteiger partial charge on any atom is 0.416 e. The van der Waals surface area contributed by atoms with Gasteiger partial charge in [-0.05, 0) is 37.0 Å². The zero-order valence-corrected chi connectivity index (χ0v) is 14.4. The summed E-state index contributed by atoms with van der Waals surface area (Å²) in [7, 11) is 0. The topological polar surface area (TPSA) is 23.6 Å². The van der Waals surface area contributed by atoms with Crippen molar-refractivity contribution in [3.63, 3.8) is 0 Å². The molecule has 3 rings (SSSR count). The average molecular weight is 354 g/mol. The van der Waals surface area contributed by atoms with Crippen molar-refractivity contribution in [2.45, 2.75) is 50.7 Å². The molecule has 1 aliphatic heterocycles. The van der Waals surface area contributed by atoms with E-state index in [1.165, 1.54) is 37.8 Å². The lowest BCUT2D eigenvalue weighted by Gasteiger charge is -2.27. The Balaban J connectivity index is 1.54. The number of benzene rings is 1. The van der Waals surface area contributed by atoms with Crippen molar-refractivity contribution < 1.29 is 18.0 Å². The molecule has 0 unspecified atom stereocenters. The minimum atomic E-state index is -4.34. The number of carbonyl (C=O) groups excluding carboxylic acids is 1. The number of carbonyl (C=O) groups is 1. The van der Waals surface area contributed by atoms with E-state index in [0.29, 0.717) is 11.6 Å². The summed E-state index contributed by atoms with van der Waals surface area (Å²) < 4.78 is 37.8. The van der Waals surface area contributed by atoms with Crippen molar-refractivity contribution in [2.75, 3.05) is 26.2 Å². The smallest absolute Gasteiger partial charge is 0.341 e. The highest BCUT2D eigenvalue weighted by Crippen LogP contribution is 2.29. The lowest BCUT2D eigenvalue weighted by Crippen LogP contribution is -2.38. The van der Waals surface area contributed by atoms with Gasteiger partial charge in [0.1, 0.15) is 0 Å². The van der Waals surface area contributed by atoms with E-state index in [2.05, 4.69) is 4.90 Å². The molecule has 138 valence electrons. The van der Waals surface area contributed by atoms with Crippen LogP contribution >= 0.6 is 0 Å². The molecule has 1 aromatic rings. The van der Waals surface area contributed by atoms with Gasteiger partial charge in [0.25, 0.3) is 0 Å². The molecule has 2 fully saturated rings. The predicted octanol–water partition coefficient (Wildman–Crippen LogP) is 3.72. The monoisotopic (exact) mass is 354 g/mol. The summed E-state index contributed by atoms with van der Waals surface area (Å²) in [5, 5.41) is 0. The summed E-state index contributed by atoms with van der Waals surface area (Å²) in [6.45, 7) is 3.40. The molecule has 6 heteroatoms. The number of halogens is 3. The van der Waals surface area contributed by atoms with Crippen LogP contribution in [0.3, 0.4) is 0 Å². The predicted molar refractivity (Wildman–Crippen MR) is 90.2 cm³/mol. The van der Waals surface area contributed by atoms with E-state index in [-0.39, 0.29) is 12.3 Å². The number of hydrogen-bond acceptors (Lipinski definition) is 2. The van der Waals surface area contributed by atoms with Gasteiger partial charge in [0.15, 0.2) is 0 Å². The van der Waals surface area contributed by atoms with Gasteiger partial charge in [-0.15, -0.1) is 0 Å². The Bertz CT molecular complexity index is 579. The van der Waals surface area contributed by atoms with Crippen molar-refractivity contribution in [3.05, 3.63) is 35.4 Å². The van der Waals surface area contributed by atoms with E-state index in [9.17, 15) is 18.0 Å². The van der Waals surface area contributed by atoms with Crippen LogP contribution in [0.15, 0.2) is 24.3 Å². The second-order valence-electron chi connectivity index (χ2n) is 7.08. The third-order valence-electron chi connectivity index (χ3n) is 5.36. The fraction of sp³-hybridized carbons (Fsp3) is 0.632. The molecular formula is C19H25F3N2O. The summed E-state index contributed by atoms with van der Waals surface area (Å²) in [6.07, 6.45) is 1.93. The van der Waals surface area contributed by atoms with Crippen LogP contribution in [0.5, 0.6) is 0 Å². The molecule has 0 aromatic heterocycles. The van der Waals surface area contributed by atoms with Crippen molar-refractivity contribution >= 4 is 5.91 Å². The molecule has 1 aromatic carbocycles. The Morgan fingerprint density at radius 1 is 0.960 bits per heavy atom. The second kappa shape index (κ2) is 7.77. The minimum Gasteiger partial charge on any atom is -0.341 e. The number of hydrogen-bond donors (Lipinski definition) is 0. The van der Waals surface area contributed by atoms with Crippen LogP contribution in [0.4, 0.5) is 13.2 Å². The molecule has 1 saturated carbocycles. The van der Waals surface area contributed by atoms with Gasteiger partial charge in [0, 0.05) is 32.2 Å². The quantitative estimate of drug-likeness (QED) is 0.826. The Hall–Kier alpha value is -1.56. The molecule has 1 saturated heterocycles. The van der Waals surface area contributed by atoms with Crippen molar-refractivity contribution in [3.8, 4) is 0 Å². The van der Waals surface area contributed by atoms with E-state index in [1.807, 2.05) is 4.90 Å². The van der Waals surface area contributed by atoms with Crippen LogP contribution in [-0.2, 0) is 17.4 Å². The van der Waals surface area contributed by atoms with Crippen LogP contribution in [0.1, 0.15) is 43.2 Å². The maximum atomic E-state index is 12.6. The van der Waals surface area contributed by atoms with Gasteiger partial charge in [0.05, 0.1) is 12.0 Å². The molecule has 0 radical (unpaired) electrons. The Morgan fingerprint density at radius 2 is 1.64 bits per heavy atom. The molecule has 1 heterocycles. The number of rotatable bonds is 3. The largest absolute Gasteiger partial charge is 0.416 e. The van der Waals surface area contributed by atoms with E-state index in [1.54, 1.807) is 0 Å². The standard InChI is InChI=1S/C19H25F3N2O/c20-19(21,22)16-8-6-15(7-9-16)14-18(25)24-11-3-10-23(12-13-24)17-4-1-2-5-17/h6-9,17H,1-5,10-14H2. The Kier molecular flexibility index (Phi) is 5.67. The van der Waals surface area contributed by atoms with Crippen LogP contribution < -0.4 is 0 Å². The number of alkyl halides is 3. The summed E-state index contributed by atoms with van der Waals surface area (Å²) >= 11 is 0. The van der Waals surface area contributed by atoms with Gasteiger partial charge < -0.3 is 4.90 Å². The van der Waals surface area contributed by atoms with Gasteiger partial charge in [-0.2, -0.15) is 13.2 Å². The van der Waals surface area contributed by atoms with Gasteiger partial charge >= 0.3 is 6.18 Å². The van der Waals surface area contributed by atoms with Crippen molar-refractivity contribution in [1.29, 1.82) is 0 Å². The minimum absolute atomic E-state index is 0.00744. The maximum absolute atomic E-state index is 12.6. The van der Waals surface area contributed by atoms with Crippen LogP contribution in [0.25, 0.3) is 0 Å². The normalized spacial score (nSPS) is 20.7. The fourth-order valence-electron chi connectivity index (χ4n) is 3.92. The van der Waals surface area contributed by atoms with E-state index >= 15 is 0 Å². The molecular weight excluding hydrogens is 329 g/mol. The Morgan fingerprint density at radius 3 is 2.28 bits per heavy atom. The van der Waals surface area contributed by atoms with Gasteiger partial charge in [0.2, 0.25) is 5.91 Å². The van der Waals surface area contributed by atoms with Crippen LogP contribution in [-0.4, -0.2) is 47.9 Å². The first-order valence-corrected chi connectivity index (χ1v) is 9.11. The van der Waals surface area contributed by atoms with Gasteiger partial charge in [-0.3, -0.25) is 9.69 Å². The van der Waals surface area contributed by atoms with Gasteiger partial charge in [-0.1, -0.05) is 25.0 Å². The molecule has 2 aliphatic rings. The third kappa shape index (κ3) is 4.75. The lowest BCUT2D eigenvalue weighted by molar-refractivity contribution is -0.137. The molecule has 1 aliphatic carbocycles. The first kappa shape index (κ1) is 18.2. The molecule has 1 amide bonds. The van der Waals surface area contributed by atoms with Crippen molar-refractivity contribution in [2.24, 2.45) is 0 Å². The van der Waals surface area contributed by atoms with E-state index < -0.39 is 11.7 Å². The molecule has 0 bridgehead atoms. The highest BCUT2D eigenvalue weighted by molar-refractivity contribution is 5.78. The Labute approximate surface area is 146 Å². The summed E-state index contributed by atoms with van der Waals surface area (Å²) in [5.74, 6) is 0.00744. The summed E-state index contributed by atoms with van der Waals surface area (Å²) in [4.78, 5) is 16.9. The zero-order valence-electron chi connectivity index (χ0n) is 14.4. The van der Waals surface area contributed by atoms with E-state index in [4.69, 9.17) is 0 Å². The fourth-order valence-corrected chi connectivity index (χ4v) is 3.92. The highest BCUT2D eigenvalue weighted by Gasteiger charge is 2.30. The molecule has 0 spiro atoms. The summed E-state index contributed by atoms with van der Waals surface area (Å²) in [5.41, 5.74) is -0.0411. The lowest BCUT2D eigenvalue weighted by atomic mass is 10.1. The molecule has 0 N–H and O–H groups in total. The van der Waals surface area contributed by atoms with Crippen LogP contribution in [0.2, 0.25) is 0 Å².